The van der Waals surface area contributed by atoms with Crippen LogP contribution in [0, 0.1) is 22.7 Å². The third-order valence-electron chi connectivity index (χ3n) is 10.5. The van der Waals surface area contributed by atoms with Gasteiger partial charge in [-0.05, 0) is 106 Å². The van der Waals surface area contributed by atoms with E-state index in [1.807, 2.05) is 18.2 Å². The van der Waals surface area contributed by atoms with Crippen LogP contribution in [-0.2, 0) is 0 Å². The van der Waals surface area contributed by atoms with Gasteiger partial charge in [0.05, 0.1) is 45.3 Å². The van der Waals surface area contributed by atoms with Crippen LogP contribution in [0.2, 0.25) is 0 Å². The van der Waals surface area contributed by atoms with E-state index < -0.39 is 0 Å². The minimum Gasteiger partial charge on any atom is -0.309 e. The Hall–Kier alpha value is -7.66. The Morgan fingerprint density at radius 3 is 1.28 bits per heavy atom. The van der Waals surface area contributed by atoms with Crippen molar-refractivity contribution in [2.75, 3.05) is 0 Å². The minimum absolute atomic E-state index is 0.462. The molecule has 2 aromatic heterocycles. The lowest BCUT2D eigenvalue weighted by Crippen LogP contribution is -1.96. The third-order valence-corrected chi connectivity index (χ3v) is 10.5. The van der Waals surface area contributed by atoms with Gasteiger partial charge in [-0.3, -0.25) is 0 Å². The standard InChI is InChI=1S/C50H30N4/c51-31-33-25-34(32-52)27-42(26-33)54-48-16-7-5-14-44(48)46-30-40(20-24-50(46)54)39-19-23-49-45(29-39)43-13-4-6-15-47(43)53(49)41-21-17-36(18-22-41)38-12-8-11-37(28-38)35-9-2-1-3-10-35/h1-30H. The molecule has 0 spiro atoms. The second-order valence-electron chi connectivity index (χ2n) is 13.7. The number of nitrogens with zero attached hydrogens (tertiary/aromatic N) is 4. The molecule has 0 aliphatic rings. The number of fused-ring (bicyclic) bond motifs is 6. The second-order valence-corrected chi connectivity index (χ2v) is 13.7. The maximum absolute atomic E-state index is 9.70. The summed E-state index contributed by atoms with van der Waals surface area (Å²) in [5.41, 5.74) is 14.3. The first-order valence-corrected chi connectivity index (χ1v) is 18.0. The van der Waals surface area contributed by atoms with Crippen molar-refractivity contribution in [2.24, 2.45) is 0 Å². The fourth-order valence-corrected chi connectivity index (χ4v) is 8.04. The molecule has 0 N–H and O–H groups in total. The van der Waals surface area contributed by atoms with Crippen molar-refractivity contribution in [1.82, 2.24) is 9.13 Å². The summed E-state index contributed by atoms with van der Waals surface area (Å²) in [6.07, 6.45) is 0. The van der Waals surface area contributed by atoms with Gasteiger partial charge in [0.1, 0.15) is 0 Å². The first-order valence-electron chi connectivity index (χ1n) is 18.0. The molecule has 0 amide bonds. The summed E-state index contributed by atoms with van der Waals surface area (Å²) in [5, 5.41) is 24.0. The fraction of sp³-hybridized carbons (Fsp3) is 0. The van der Waals surface area contributed by atoms with Gasteiger partial charge in [0.15, 0.2) is 0 Å². The van der Waals surface area contributed by atoms with E-state index in [-0.39, 0.29) is 0 Å². The van der Waals surface area contributed by atoms with Gasteiger partial charge in [0.2, 0.25) is 0 Å². The van der Waals surface area contributed by atoms with Crippen LogP contribution in [0.4, 0.5) is 0 Å². The van der Waals surface area contributed by atoms with Crippen molar-refractivity contribution >= 4 is 43.6 Å². The molecule has 0 unspecified atom stereocenters. The number of rotatable bonds is 5. The molecule has 0 aliphatic heterocycles. The molecule has 0 saturated carbocycles. The molecule has 0 aliphatic carbocycles. The number of hydrogen-bond donors (Lipinski definition) is 0. The molecular formula is C50H30N4. The van der Waals surface area contributed by atoms with Crippen molar-refractivity contribution in [2.45, 2.75) is 0 Å². The van der Waals surface area contributed by atoms with Crippen molar-refractivity contribution in [3.8, 4) is 56.9 Å². The van der Waals surface area contributed by atoms with E-state index in [0.29, 0.717) is 11.1 Å². The SMILES string of the molecule is N#Cc1cc(C#N)cc(-n2c3ccccc3c3cc(-c4ccc5c(c4)c4ccccc4n5-c4ccc(-c5cccc(-c6ccccc6)c5)cc4)ccc32)c1. The van der Waals surface area contributed by atoms with Crippen molar-refractivity contribution in [3.05, 3.63) is 193 Å². The Labute approximate surface area is 312 Å². The summed E-state index contributed by atoms with van der Waals surface area (Å²) in [7, 11) is 0. The van der Waals surface area contributed by atoms with E-state index in [0.717, 1.165) is 49.8 Å². The molecule has 8 aromatic carbocycles. The highest BCUT2D eigenvalue weighted by Gasteiger charge is 2.17. The number of para-hydroxylation sites is 2. The average molecular weight is 687 g/mol. The van der Waals surface area contributed by atoms with Crippen LogP contribution in [0.15, 0.2) is 182 Å². The molecule has 4 nitrogen and oxygen atoms in total. The molecule has 10 rings (SSSR count). The number of nitriles is 2. The average Bonchev–Trinajstić information content (AvgIpc) is 3.76. The van der Waals surface area contributed by atoms with Crippen molar-refractivity contribution in [3.63, 3.8) is 0 Å². The Morgan fingerprint density at radius 1 is 0.296 bits per heavy atom. The predicted octanol–water partition coefficient (Wildman–Crippen LogP) is 12.6. The molecule has 0 atom stereocenters. The van der Waals surface area contributed by atoms with Crippen molar-refractivity contribution < 1.29 is 0 Å². The lowest BCUT2D eigenvalue weighted by molar-refractivity contribution is 1.17. The van der Waals surface area contributed by atoms with E-state index in [1.165, 1.54) is 38.5 Å². The van der Waals surface area contributed by atoms with Crippen LogP contribution in [-0.4, -0.2) is 9.13 Å². The zero-order valence-corrected chi connectivity index (χ0v) is 29.1. The van der Waals surface area contributed by atoms with Crippen LogP contribution in [0.5, 0.6) is 0 Å². The molecular weight excluding hydrogens is 657 g/mol. The molecule has 4 heteroatoms. The summed E-state index contributed by atoms with van der Waals surface area (Å²) in [4.78, 5) is 0. The van der Waals surface area contributed by atoms with Gasteiger partial charge >= 0.3 is 0 Å². The van der Waals surface area contributed by atoms with Crippen molar-refractivity contribution in [1.29, 1.82) is 10.5 Å². The van der Waals surface area contributed by atoms with E-state index in [1.54, 1.807) is 6.07 Å². The van der Waals surface area contributed by atoms with Gasteiger partial charge in [-0.2, -0.15) is 10.5 Å². The normalized spacial score (nSPS) is 11.3. The molecule has 0 bridgehead atoms. The molecule has 250 valence electrons. The van der Waals surface area contributed by atoms with E-state index in [4.69, 9.17) is 0 Å². The monoisotopic (exact) mass is 686 g/mol. The largest absolute Gasteiger partial charge is 0.309 e. The van der Waals surface area contributed by atoms with Gasteiger partial charge in [-0.25, -0.2) is 0 Å². The minimum atomic E-state index is 0.462. The van der Waals surface area contributed by atoms with Gasteiger partial charge in [0, 0.05) is 32.9 Å². The van der Waals surface area contributed by atoms with E-state index in [2.05, 4.69) is 179 Å². The van der Waals surface area contributed by atoms with E-state index in [9.17, 15) is 10.5 Å². The lowest BCUT2D eigenvalue weighted by Gasteiger charge is -2.11. The highest BCUT2D eigenvalue weighted by Crippen LogP contribution is 2.39. The molecule has 0 saturated heterocycles. The summed E-state index contributed by atoms with van der Waals surface area (Å²) in [6, 6.07) is 68.2. The maximum atomic E-state index is 9.70. The Bertz CT molecular complexity index is 3140. The van der Waals surface area contributed by atoms with Crippen LogP contribution < -0.4 is 0 Å². The smallest absolute Gasteiger partial charge is 0.0992 e. The second kappa shape index (κ2) is 12.5. The van der Waals surface area contributed by atoms with Gasteiger partial charge in [0.25, 0.3) is 0 Å². The summed E-state index contributed by atoms with van der Waals surface area (Å²) in [5.74, 6) is 0. The summed E-state index contributed by atoms with van der Waals surface area (Å²) in [6.45, 7) is 0. The third kappa shape index (κ3) is 5.06. The molecule has 10 aromatic rings. The zero-order valence-electron chi connectivity index (χ0n) is 29.1. The van der Waals surface area contributed by atoms with Gasteiger partial charge in [-0.15, -0.1) is 0 Å². The maximum Gasteiger partial charge on any atom is 0.0992 e. The Balaban J connectivity index is 1.07. The summed E-state index contributed by atoms with van der Waals surface area (Å²) < 4.78 is 4.51. The lowest BCUT2D eigenvalue weighted by atomic mass is 9.99. The van der Waals surface area contributed by atoms with Crippen LogP contribution in [0.3, 0.4) is 0 Å². The first-order chi connectivity index (χ1) is 26.7. The molecule has 2 heterocycles. The zero-order chi connectivity index (χ0) is 36.2. The predicted molar refractivity (Wildman–Crippen MR) is 221 cm³/mol. The van der Waals surface area contributed by atoms with E-state index >= 15 is 0 Å². The van der Waals surface area contributed by atoms with Gasteiger partial charge < -0.3 is 9.13 Å². The molecule has 54 heavy (non-hydrogen) atoms. The quantitative estimate of drug-likeness (QED) is 0.181. The number of hydrogen-bond acceptors (Lipinski definition) is 2. The Kier molecular flexibility index (Phi) is 7.22. The molecule has 0 radical (unpaired) electrons. The fourth-order valence-electron chi connectivity index (χ4n) is 8.04. The van der Waals surface area contributed by atoms with Crippen LogP contribution in [0.1, 0.15) is 11.1 Å². The van der Waals surface area contributed by atoms with Crippen LogP contribution >= 0.6 is 0 Å². The molecule has 0 fully saturated rings. The Morgan fingerprint density at radius 2 is 0.722 bits per heavy atom. The van der Waals surface area contributed by atoms with Crippen LogP contribution in [0.25, 0.3) is 88.4 Å². The highest BCUT2D eigenvalue weighted by atomic mass is 15.0. The highest BCUT2D eigenvalue weighted by molar-refractivity contribution is 6.12. The number of benzene rings is 8. The topological polar surface area (TPSA) is 57.4 Å². The first kappa shape index (κ1) is 31.1. The summed E-state index contributed by atoms with van der Waals surface area (Å²) >= 11 is 0. The number of aromatic nitrogens is 2. The van der Waals surface area contributed by atoms with Gasteiger partial charge in [-0.1, -0.05) is 109 Å².